The first kappa shape index (κ1) is 45.1. The molecule has 0 unspecified atom stereocenters. The Morgan fingerprint density at radius 3 is 0.609 bits per heavy atom. The molecule has 4 nitrogen and oxygen atoms in total. The van der Waals surface area contributed by atoms with Crippen LogP contribution >= 0.6 is 90.4 Å². The van der Waals surface area contributed by atoms with Gasteiger partial charge in [-0.05, 0) is 161 Å². The number of halogens is 4. The zero-order valence-electron chi connectivity index (χ0n) is 35.0. The van der Waals surface area contributed by atoms with Crippen molar-refractivity contribution in [2.75, 3.05) is 0 Å². The van der Waals surface area contributed by atoms with Crippen molar-refractivity contribution in [1.29, 1.82) is 0 Å². The van der Waals surface area contributed by atoms with Gasteiger partial charge in [0.25, 0.3) is 0 Å². The van der Waals surface area contributed by atoms with E-state index in [2.05, 4.69) is 236 Å². The fourth-order valence-corrected chi connectivity index (χ4v) is 11.4. The maximum Gasteiger partial charge on any atom is 0.126 e. The first-order chi connectivity index (χ1) is 31.3. The Morgan fingerprint density at radius 1 is 0.266 bits per heavy atom. The van der Waals surface area contributed by atoms with E-state index >= 15 is 0 Å². The van der Waals surface area contributed by atoms with Gasteiger partial charge in [0.05, 0.1) is 0 Å². The van der Waals surface area contributed by atoms with Gasteiger partial charge in [0, 0.05) is 84.5 Å². The average molecular weight is 1290 g/mol. The van der Waals surface area contributed by atoms with Gasteiger partial charge in [-0.25, -0.2) is 0 Å². The zero-order chi connectivity index (χ0) is 43.8. The maximum absolute atomic E-state index is 7.02. The fraction of sp³-hybridized carbons (Fsp3) is 0.143. The lowest BCUT2D eigenvalue weighted by Gasteiger charge is -2.24. The molecule has 64 heavy (non-hydrogen) atoms. The fourth-order valence-electron chi connectivity index (χ4n) is 8.38. The Bertz CT molecular complexity index is 2380. The number of hydrogen-bond acceptors (Lipinski definition) is 4. The molecule has 0 saturated heterocycles. The van der Waals surface area contributed by atoms with Gasteiger partial charge >= 0.3 is 0 Å². The van der Waals surface area contributed by atoms with E-state index in [1.807, 2.05) is 24.3 Å². The van der Waals surface area contributed by atoms with Crippen molar-refractivity contribution >= 4 is 90.4 Å². The molecule has 8 heteroatoms. The zero-order valence-corrected chi connectivity index (χ0v) is 43.6. The first-order valence-electron chi connectivity index (χ1n) is 21.2. The largest absolute Gasteiger partial charge is 0.488 e. The second-order valence-corrected chi connectivity index (χ2v) is 21.0. The minimum absolute atomic E-state index is 0.449. The van der Waals surface area contributed by atoms with Gasteiger partial charge in [-0.1, -0.05) is 121 Å². The first-order valence-corrected chi connectivity index (χ1v) is 25.5. The van der Waals surface area contributed by atoms with Crippen LogP contribution in [0.1, 0.15) is 66.8 Å². The van der Waals surface area contributed by atoms with Crippen molar-refractivity contribution in [2.45, 2.75) is 52.1 Å². The number of hydrogen-bond donors (Lipinski definition) is 0. The van der Waals surface area contributed by atoms with Gasteiger partial charge in [0.1, 0.15) is 49.4 Å². The highest BCUT2D eigenvalue weighted by Crippen LogP contribution is 2.42. The van der Waals surface area contributed by atoms with Crippen LogP contribution in [0.5, 0.6) is 23.0 Å². The van der Waals surface area contributed by atoms with Crippen LogP contribution in [0.25, 0.3) is 0 Å². The number of benzene rings is 8. The summed E-state index contributed by atoms with van der Waals surface area (Å²) < 4.78 is 32.7. The van der Waals surface area contributed by atoms with Crippen LogP contribution in [-0.2, 0) is 52.1 Å². The van der Waals surface area contributed by atoms with Crippen LogP contribution in [0.15, 0.2) is 170 Å². The highest BCUT2D eigenvalue weighted by molar-refractivity contribution is 14.1. The van der Waals surface area contributed by atoms with Crippen molar-refractivity contribution in [3.63, 3.8) is 0 Å². The van der Waals surface area contributed by atoms with Gasteiger partial charge in [0.15, 0.2) is 0 Å². The third-order valence-corrected chi connectivity index (χ3v) is 13.7. The Hall–Kier alpha value is -4.12. The molecule has 0 aliphatic heterocycles. The summed E-state index contributed by atoms with van der Waals surface area (Å²) in [6.07, 6.45) is 2.47. The minimum Gasteiger partial charge on any atom is -0.488 e. The maximum atomic E-state index is 7.02. The summed E-state index contributed by atoms with van der Waals surface area (Å²) in [5.41, 5.74) is 13.4. The molecule has 0 spiro atoms. The summed E-state index contributed by atoms with van der Waals surface area (Å²) in [6, 6.07) is 60.0. The third kappa shape index (κ3) is 11.5. The lowest BCUT2D eigenvalue weighted by atomic mass is 9.91. The molecule has 0 amide bonds. The van der Waals surface area contributed by atoms with Gasteiger partial charge < -0.3 is 18.9 Å². The van der Waals surface area contributed by atoms with E-state index in [1.165, 1.54) is 0 Å². The van der Waals surface area contributed by atoms with Crippen LogP contribution in [0.4, 0.5) is 0 Å². The highest BCUT2D eigenvalue weighted by Gasteiger charge is 2.24. The topological polar surface area (TPSA) is 36.9 Å². The van der Waals surface area contributed by atoms with Gasteiger partial charge in [-0.2, -0.15) is 0 Å². The third-order valence-electron chi connectivity index (χ3n) is 11.3. The summed E-state index contributed by atoms with van der Waals surface area (Å²) in [4.78, 5) is 0. The summed E-state index contributed by atoms with van der Waals surface area (Å²) in [7, 11) is 0. The van der Waals surface area contributed by atoms with Crippen molar-refractivity contribution < 1.29 is 18.9 Å². The number of ether oxygens (including phenoxy) is 4. The Kier molecular flexibility index (Phi) is 15.1. The Morgan fingerprint density at radius 2 is 0.438 bits per heavy atom. The van der Waals surface area contributed by atoms with E-state index in [1.54, 1.807) is 0 Å². The Labute approximate surface area is 430 Å². The molecule has 8 bridgehead atoms. The van der Waals surface area contributed by atoms with Crippen LogP contribution in [-0.4, -0.2) is 0 Å². The predicted octanol–water partition coefficient (Wildman–Crippen LogP) is 15.1. The second-order valence-electron chi connectivity index (χ2n) is 16.0. The minimum atomic E-state index is 0.449. The lowest BCUT2D eigenvalue weighted by molar-refractivity contribution is 0.293. The van der Waals surface area contributed by atoms with Crippen LogP contribution in [0.2, 0.25) is 0 Å². The van der Waals surface area contributed by atoms with Crippen molar-refractivity contribution in [3.8, 4) is 23.0 Å². The molecule has 320 valence electrons. The molecular formula is C56H44I4O4. The monoisotopic (exact) mass is 1290 g/mol. The van der Waals surface area contributed by atoms with Crippen molar-refractivity contribution in [1.82, 2.24) is 0 Å². The molecule has 8 aromatic rings. The van der Waals surface area contributed by atoms with Crippen LogP contribution < -0.4 is 18.9 Å². The molecule has 9 rings (SSSR count). The van der Waals surface area contributed by atoms with E-state index in [9.17, 15) is 0 Å². The van der Waals surface area contributed by atoms with Crippen molar-refractivity contribution in [3.05, 3.63) is 251 Å². The van der Waals surface area contributed by atoms with E-state index in [0.717, 1.165) is 104 Å². The molecule has 0 fully saturated rings. The number of rotatable bonds is 12. The summed E-state index contributed by atoms with van der Waals surface area (Å²) in [5, 5.41) is 0. The van der Waals surface area contributed by atoms with E-state index < -0.39 is 0 Å². The Balaban J connectivity index is 1.26. The van der Waals surface area contributed by atoms with Crippen molar-refractivity contribution in [2.24, 2.45) is 0 Å². The van der Waals surface area contributed by atoms with Gasteiger partial charge in [-0.3, -0.25) is 0 Å². The summed E-state index contributed by atoms with van der Waals surface area (Å²) >= 11 is 9.90. The van der Waals surface area contributed by atoms with Crippen LogP contribution in [0.3, 0.4) is 0 Å². The SMILES string of the molecule is Ic1cc2c(OCc3ccccc3)c(c1)Cc1cc(I)cc(c1OCc1ccccc1)Cc1cc(I)cc(c1OCc1ccccc1)Cc1cc(I)cc(c1OCc1ccccc1)C2. The number of fused-ring (bicyclic) bond motifs is 8. The van der Waals surface area contributed by atoms with Gasteiger partial charge in [-0.15, -0.1) is 0 Å². The molecule has 0 aromatic heterocycles. The molecule has 1 aliphatic carbocycles. The average Bonchev–Trinajstić information content (AvgIpc) is 3.29. The predicted molar refractivity (Wildman–Crippen MR) is 291 cm³/mol. The normalized spacial score (nSPS) is 12.1. The molecular weight excluding hydrogens is 1240 g/mol. The van der Waals surface area contributed by atoms with E-state index in [4.69, 9.17) is 18.9 Å². The highest BCUT2D eigenvalue weighted by atomic mass is 127. The lowest BCUT2D eigenvalue weighted by Crippen LogP contribution is -2.10. The standard InChI is InChI=1S/C56H44I4O4/c57-49-25-41-21-43-27-50(58)29-45(54(43)62-34-38-15-7-2-8-16-38)23-47-31-52(60)32-48(56(47)64-36-40-19-11-4-12-20-40)24-46-30-51(59)28-44(55(46)63-35-39-17-9-3-10-18-39)22-42(26-49)53(41)61-33-37-13-5-1-6-14-37/h1-20,25-32H,21-24,33-36H2. The molecule has 1 aliphatic rings. The van der Waals surface area contributed by atoms with Crippen LogP contribution in [0, 0.1) is 14.3 Å². The summed E-state index contributed by atoms with van der Waals surface area (Å²) in [6.45, 7) is 1.80. The molecule has 8 aromatic carbocycles. The molecule has 0 saturated carbocycles. The van der Waals surface area contributed by atoms with Gasteiger partial charge in [0.2, 0.25) is 0 Å². The summed E-state index contributed by atoms with van der Waals surface area (Å²) in [5.74, 6) is 3.60. The molecule has 0 radical (unpaired) electrons. The molecule has 0 heterocycles. The molecule has 0 N–H and O–H groups in total. The van der Waals surface area contributed by atoms with E-state index in [0.29, 0.717) is 52.1 Å². The second kappa shape index (κ2) is 21.5. The quantitative estimate of drug-likeness (QED) is 0.114. The molecule has 0 atom stereocenters. The van der Waals surface area contributed by atoms with E-state index in [-0.39, 0.29) is 0 Å². The smallest absolute Gasteiger partial charge is 0.126 e.